The average molecular weight is 241 g/mol. The standard InChI is InChI=1S/C12H23N3O2/c1-8(2)6-13-10(7-16)11-9(3)14-15(4)12(11)17-5/h8,10,13,16H,6-7H2,1-5H3. The molecule has 0 aliphatic carbocycles. The summed E-state index contributed by atoms with van der Waals surface area (Å²) in [6, 6.07) is -0.124. The van der Waals surface area contributed by atoms with Crippen molar-refractivity contribution in [1.29, 1.82) is 0 Å². The molecule has 1 rings (SSSR count). The zero-order valence-corrected chi connectivity index (χ0v) is 11.3. The van der Waals surface area contributed by atoms with E-state index >= 15 is 0 Å². The normalized spacial score (nSPS) is 13.1. The SMILES string of the molecule is COc1c(C(CO)NCC(C)C)c(C)nn1C. The summed E-state index contributed by atoms with van der Waals surface area (Å²) in [5, 5.41) is 17.1. The van der Waals surface area contributed by atoms with Crippen LogP contribution in [0.1, 0.15) is 31.1 Å². The number of hydrogen-bond donors (Lipinski definition) is 2. The zero-order valence-electron chi connectivity index (χ0n) is 11.3. The molecule has 0 saturated heterocycles. The molecule has 0 radical (unpaired) electrons. The molecule has 0 saturated carbocycles. The summed E-state index contributed by atoms with van der Waals surface area (Å²) in [6.07, 6.45) is 0. The van der Waals surface area contributed by atoms with E-state index in [1.165, 1.54) is 0 Å². The minimum absolute atomic E-state index is 0.0373. The number of aryl methyl sites for hydroxylation is 2. The Morgan fingerprint density at radius 1 is 1.47 bits per heavy atom. The molecule has 0 aliphatic rings. The van der Waals surface area contributed by atoms with Crippen LogP contribution in [-0.4, -0.2) is 35.1 Å². The minimum atomic E-state index is -0.124. The van der Waals surface area contributed by atoms with Crippen molar-refractivity contribution in [2.75, 3.05) is 20.3 Å². The van der Waals surface area contributed by atoms with Crippen molar-refractivity contribution in [1.82, 2.24) is 15.1 Å². The van der Waals surface area contributed by atoms with E-state index in [1.54, 1.807) is 11.8 Å². The van der Waals surface area contributed by atoms with Gasteiger partial charge in [-0.25, -0.2) is 4.68 Å². The maximum absolute atomic E-state index is 9.49. The van der Waals surface area contributed by atoms with Gasteiger partial charge in [0.15, 0.2) is 0 Å². The molecule has 2 N–H and O–H groups in total. The number of rotatable bonds is 6. The van der Waals surface area contributed by atoms with Gasteiger partial charge in [-0.3, -0.25) is 0 Å². The number of aromatic nitrogens is 2. The van der Waals surface area contributed by atoms with E-state index in [0.717, 1.165) is 17.8 Å². The van der Waals surface area contributed by atoms with Gasteiger partial charge in [0.25, 0.3) is 0 Å². The number of hydrogen-bond acceptors (Lipinski definition) is 4. The number of ether oxygens (including phenoxy) is 1. The van der Waals surface area contributed by atoms with Crippen LogP contribution < -0.4 is 10.1 Å². The van der Waals surface area contributed by atoms with Gasteiger partial charge in [-0.05, 0) is 19.4 Å². The van der Waals surface area contributed by atoms with Gasteiger partial charge in [-0.1, -0.05) is 13.8 Å². The van der Waals surface area contributed by atoms with Crippen molar-refractivity contribution in [3.63, 3.8) is 0 Å². The van der Waals surface area contributed by atoms with Crippen LogP contribution in [0.3, 0.4) is 0 Å². The Hall–Kier alpha value is -1.07. The third-order valence-corrected chi connectivity index (χ3v) is 2.71. The summed E-state index contributed by atoms with van der Waals surface area (Å²) in [7, 11) is 3.46. The highest BCUT2D eigenvalue weighted by molar-refractivity contribution is 5.34. The van der Waals surface area contributed by atoms with Gasteiger partial charge < -0.3 is 15.2 Å². The Bertz CT molecular complexity index is 361. The van der Waals surface area contributed by atoms with Gasteiger partial charge in [0.1, 0.15) is 0 Å². The Morgan fingerprint density at radius 2 is 2.12 bits per heavy atom. The van der Waals surface area contributed by atoms with E-state index < -0.39 is 0 Å². The molecule has 1 heterocycles. The van der Waals surface area contributed by atoms with Gasteiger partial charge in [0.05, 0.1) is 31.0 Å². The van der Waals surface area contributed by atoms with E-state index in [9.17, 15) is 5.11 Å². The first-order chi connectivity index (χ1) is 8.01. The van der Waals surface area contributed by atoms with Gasteiger partial charge in [-0.2, -0.15) is 5.10 Å². The van der Waals surface area contributed by atoms with Crippen LogP contribution in [0.5, 0.6) is 5.88 Å². The molecule has 1 aromatic rings. The Morgan fingerprint density at radius 3 is 2.59 bits per heavy atom. The largest absolute Gasteiger partial charge is 0.481 e. The number of aliphatic hydroxyl groups excluding tert-OH is 1. The molecule has 1 aromatic heterocycles. The monoisotopic (exact) mass is 241 g/mol. The molecule has 1 atom stereocenters. The van der Waals surface area contributed by atoms with Gasteiger partial charge in [0.2, 0.25) is 5.88 Å². The highest BCUT2D eigenvalue weighted by Crippen LogP contribution is 2.27. The maximum Gasteiger partial charge on any atom is 0.216 e. The summed E-state index contributed by atoms with van der Waals surface area (Å²) in [5.41, 5.74) is 1.83. The van der Waals surface area contributed by atoms with E-state index in [1.807, 2.05) is 14.0 Å². The molecule has 0 spiro atoms. The van der Waals surface area contributed by atoms with Gasteiger partial charge in [-0.15, -0.1) is 0 Å². The van der Waals surface area contributed by atoms with Crippen LogP contribution >= 0.6 is 0 Å². The number of methoxy groups -OCH3 is 1. The third-order valence-electron chi connectivity index (χ3n) is 2.71. The van der Waals surface area contributed by atoms with Crippen molar-refractivity contribution in [2.24, 2.45) is 13.0 Å². The molecule has 98 valence electrons. The highest BCUT2D eigenvalue weighted by Gasteiger charge is 2.22. The fourth-order valence-electron chi connectivity index (χ4n) is 1.93. The molecule has 0 bridgehead atoms. The summed E-state index contributed by atoms with van der Waals surface area (Å²) in [6.45, 7) is 7.08. The Labute approximate surface area is 103 Å². The van der Waals surface area contributed by atoms with Crippen molar-refractivity contribution in [2.45, 2.75) is 26.8 Å². The fraction of sp³-hybridized carbons (Fsp3) is 0.750. The summed E-state index contributed by atoms with van der Waals surface area (Å²) >= 11 is 0. The Kier molecular flexibility index (Phi) is 4.96. The van der Waals surface area contributed by atoms with Crippen LogP contribution in [-0.2, 0) is 7.05 Å². The zero-order chi connectivity index (χ0) is 13.0. The lowest BCUT2D eigenvalue weighted by molar-refractivity contribution is 0.236. The molecular weight excluding hydrogens is 218 g/mol. The molecule has 5 heteroatoms. The first-order valence-corrected chi connectivity index (χ1v) is 5.93. The number of nitrogens with one attached hydrogen (secondary N) is 1. The van der Waals surface area contributed by atoms with Crippen LogP contribution in [0.15, 0.2) is 0 Å². The highest BCUT2D eigenvalue weighted by atomic mass is 16.5. The maximum atomic E-state index is 9.49. The van der Waals surface area contributed by atoms with E-state index in [4.69, 9.17) is 4.74 Å². The predicted octanol–water partition coefficient (Wildman–Crippen LogP) is 1.02. The van der Waals surface area contributed by atoms with E-state index in [-0.39, 0.29) is 12.6 Å². The number of nitrogens with zero attached hydrogens (tertiary/aromatic N) is 2. The van der Waals surface area contributed by atoms with Crippen LogP contribution in [0.25, 0.3) is 0 Å². The van der Waals surface area contributed by atoms with Crippen LogP contribution in [0.2, 0.25) is 0 Å². The molecule has 0 amide bonds. The second kappa shape index (κ2) is 6.02. The minimum Gasteiger partial charge on any atom is -0.481 e. The van der Waals surface area contributed by atoms with Crippen molar-refractivity contribution >= 4 is 0 Å². The lowest BCUT2D eigenvalue weighted by atomic mass is 10.1. The fourth-order valence-corrected chi connectivity index (χ4v) is 1.93. The van der Waals surface area contributed by atoms with Crippen molar-refractivity contribution < 1.29 is 9.84 Å². The van der Waals surface area contributed by atoms with Crippen LogP contribution in [0, 0.1) is 12.8 Å². The molecule has 17 heavy (non-hydrogen) atoms. The lowest BCUT2D eigenvalue weighted by Crippen LogP contribution is -2.28. The number of aliphatic hydroxyl groups is 1. The summed E-state index contributed by atoms with van der Waals surface area (Å²) in [5.74, 6) is 1.24. The molecular formula is C12H23N3O2. The first-order valence-electron chi connectivity index (χ1n) is 5.93. The van der Waals surface area contributed by atoms with Crippen molar-refractivity contribution in [3.05, 3.63) is 11.3 Å². The van der Waals surface area contributed by atoms with E-state index in [0.29, 0.717) is 11.8 Å². The average Bonchev–Trinajstić information content (AvgIpc) is 2.54. The molecule has 0 aliphatic heterocycles. The van der Waals surface area contributed by atoms with Crippen molar-refractivity contribution in [3.8, 4) is 5.88 Å². The van der Waals surface area contributed by atoms with Gasteiger partial charge in [0, 0.05) is 7.05 Å². The second-order valence-electron chi connectivity index (χ2n) is 4.67. The summed E-state index contributed by atoms with van der Waals surface area (Å²) < 4.78 is 7.03. The predicted molar refractivity (Wildman–Crippen MR) is 67.2 cm³/mol. The quantitative estimate of drug-likeness (QED) is 0.780. The van der Waals surface area contributed by atoms with Gasteiger partial charge >= 0.3 is 0 Å². The third kappa shape index (κ3) is 3.20. The molecule has 0 aromatic carbocycles. The molecule has 1 unspecified atom stereocenters. The van der Waals surface area contributed by atoms with E-state index in [2.05, 4.69) is 24.3 Å². The smallest absolute Gasteiger partial charge is 0.216 e. The lowest BCUT2D eigenvalue weighted by Gasteiger charge is -2.18. The molecule has 5 nitrogen and oxygen atoms in total. The first kappa shape index (κ1) is 14.0. The van der Waals surface area contributed by atoms with Crippen LogP contribution in [0.4, 0.5) is 0 Å². The topological polar surface area (TPSA) is 59.3 Å². The second-order valence-corrected chi connectivity index (χ2v) is 4.67. The summed E-state index contributed by atoms with van der Waals surface area (Å²) in [4.78, 5) is 0. The molecule has 0 fully saturated rings. The Balaban J connectivity index is 2.94.